The number of nitriles is 2. The van der Waals surface area contributed by atoms with Crippen LogP contribution in [0.1, 0.15) is 28.3 Å². The fraction of sp³-hybridized carbons (Fsp3) is 0.0909. The van der Waals surface area contributed by atoms with Crippen molar-refractivity contribution in [1.82, 2.24) is 10.3 Å². The molecule has 164 valence electrons. The largest absolute Gasteiger partial charge is 0.486 e. The van der Waals surface area contributed by atoms with Crippen LogP contribution in [-0.2, 0) is 6.61 Å². The van der Waals surface area contributed by atoms with Crippen LogP contribution in [0.2, 0.25) is 0 Å². The quantitative estimate of drug-likeness (QED) is 0.352. The number of nitrogen functional groups attached to an aromatic ring is 2. The van der Waals surface area contributed by atoms with Gasteiger partial charge in [0.05, 0.1) is 5.69 Å². The maximum atomic E-state index is 14.0. The number of aromatic nitrogens is 1. The number of nitrogens with one attached hydrogen (secondary N) is 2. The SMILES string of the molecule is N#CNC1=NC(c2ccccc2COc2ccc(F)cc2F)c2c(nc(N)c(C#N)c2N)N1. The Morgan fingerprint density at radius 1 is 1.15 bits per heavy atom. The number of ether oxygens (including phenoxy) is 1. The Morgan fingerprint density at radius 2 is 1.94 bits per heavy atom. The summed E-state index contributed by atoms with van der Waals surface area (Å²) in [5, 5.41) is 23.8. The summed E-state index contributed by atoms with van der Waals surface area (Å²) in [6, 6.07) is 11.2. The molecule has 2 aromatic carbocycles. The van der Waals surface area contributed by atoms with E-state index in [0.29, 0.717) is 16.7 Å². The Bertz CT molecular complexity index is 1360. The minimum Gasteiger partial charge on any atom is -0.486 e. The van der Waals surface area contributed by atoms with Crippen molar-refractivity contribution in [2.45, 2.75) is 12.6 Å². The lowest BCUT2D eigenvalue weighted by molar-refractivity contribution is 0.288. The summed E-state index contributed by atoms with van der Waals surface area (Å²) in [6.45, 7) is -0.0675. The molecule has 0 saturated carbocycles. The highest BCUT2D eigenvalue weighted by Crippen LogP contribution is 2.41. The van der Waals surface area contributed by atoms with Crippen molar-refractivity contribution in [3.63, 3.8) is 0 Å². The smallest absolute Gasteiger partial charge is 0.211 e. The van der Waals surface area contributed by atoms with Crippen LogP contribution >= 0.6 is 0 Å². The number of nitrogens with zero attached hydrogens (tertiary/aromatic N) is 4. The predicted octanol–water partition coefficient (Wildman–Crippen LogP) is 2.92. The highest BCUT2D eigenvalue weighted by molar-refractivity contribution is 5.98. The van der Waals surface area contributed by atoms with E-state index in [0.717, 1.165) is 12.1 Å². The van der Waals surface area contributed by atoms with Crippen molar-refractivity contribution in [1.29, 1.82) is 10.5 Å². The zero-order chi connectivity index (χ0) is 23.5. The number of pyridine rings is 1. The molecule has 11 heteroatoms. The first kappa shape index (κ1) is 21.3. The number of anilines is 3. The summed E-state index contributed by atoms with van der Waals surface area (Å²) in [7, 11) is 0. The molecule has 3 aromatic rings. The van der Waals surface area contributed by atoms with E-state index < -0.39 is 17.7 Å². The van der Waals surface area contributed by atoms with E-state index in [1.54, 1.807) is 30.5 Å². The lowest BCUT2D eigenvalue weighted by Gasteiger charge is -2.27. The zero-order valence-corrected chi connectivity index (χ0v) is 16.9. The average Bonchev–Trinajstić information content (AvgIpc) is 2.78. The first-order chi connectivity index (χ1) is 15.9. The van der Waals surface area contributed by atoms with E-state index in [2.05, 4.69) is 20.6 Å². The molecular formula is C22H16F2N8O. The van der Waals surface area contributed by atoms with Gasteiger partial charge in [-0.25, -0.2) is 18.8 Å². The minimum absolute atomic E-state index is 0.00885. The topological polar surface area (TPSA) is 158 Å². The maximum absolute atomic E-state index is 14.0. The molecule has 1 unspecified atom stereocenters. The molecule has 0 spiro atoms. The van der Waals surface area contributed by atoms with Gasteiger partial charge in [0.15, 0.2) is 17.8 Å². The fourth-order valence-electron chi connectivity index (χ4n) is 3.49. The second-order valence-electron chi connectivity index (χ2n) is 6.96. The van der Waals surface area contributed by atoms with E-state index in [1.165, 1.54) is 6.07 Å². The van der Waals surface area contributed by atoms with Crippen molar-refractivity contribution in [2.24, 2.45) is 4.99 Å². The summed E-state index contributed by atoms with van der Waals surface area (Å²) >= 11 is 0. The number of guanidine groups is 1. The Hall–Kier alpha value is -4.90. The lowest BCUT2D eigenvalue weighted by Crippen LogP contribution is -2.33. The molecule has 9 nitrogen and oxygen atoms in total. The van der Waals surface area contributed by atoms with Crippen molar-refractivity contribution < 1.29 is 13.5 Å². The number of benzene rings is 2. The molecule has 4 rings (SSSR count). The van der Waals surface area contributed by atoms with Crippen LogP contribution in [-0.4, -0.2) is 10.9 Å². The molecule has 2 heterocycles. The van der Waals surface area contributed by atoms with Gasteiger partial charge in [0, 0.05) is 11.6 Å². The van der Waals surface area contributed by atoms with Gasteiger partial charge in [-0.2, -0.15) is 10.5 Å². The lowest BCUT2D eigenvalue weighted by atomic mass is 9.92. The van der Waals surface area contributed by atoms with Gasteiger partial charge in [0.1, 0.15) is 41.7 Å². The number of aliphatic imine (C=N–C) groups is 1. The van der Waals surface area contributed by atoms with Crippen molar-refractivity contribution in [3.05, 3.63) is 76.4 Å². The highest BCUT2D eigenvalue weighted by atomic mass is 19.1. The monoisotopic (exact) mass is 446 g/mol. The third-order valence-electron chi connectivity index (χ3n) is 4.98. The van der Waals surface area contributed by atoms with Crippen LogP contribution in [0.5, 0.6) is 5.75 Å². The van der Waals surface area contributed by atoms with Gasteiger partial charge in [-0.15, -0.1) is 0 Å². The molecule has 0 saturated heterocycles. The molecule has 0 fully saturated rings. The maximum Gasteiger partial charge on any atom is 0.211 e. The van der Waals surface area contributed by atoms with Crippen LogP contribution in [0.15, 0.2) is 47.5 Å². The second-order valence-corrected chi connectivity index (χ2v) is 6.96. The third-order valence-corrected chi connectivity index (χ3v) is 4.98. The molecular weight excluding hydrogens is 430 g/mol. The number of nitrogens with two attached hydrogens (primary N) is 2. The Balaban J connectivity index is 1.79. The van der Waals surface area contributed by atoms with Gasteiger partial charge in [0.25, 0.3) is 0 Å². The van der Waals surface area contributed by atoms with Gasteiger partial charge in [0.2, 0.25) is 5.96 Å². The molecule has 1 aliphatic rings. The van der Waals surface area contributed by atoms with Gasteiger partial charge >= 0.3 is 0 Å². The van der Waals surface area contributed by atoms with Crippen LogP contribution in [0.3, 0.4) is 0 Å². The average molecular weight is 446 g/mol. The van der Waals surface area contributed by atoms with E-state index in [9.17, 15) is 14.0 Å². The molecule has 6 N–H and O–H groups in total. The Labute approximate surface area is 186 Å². The van der Waals surface area contributed by atoms with Crippen LogP contribution in [0.25, 0.3) is 0 Å². The van der Waals surface area contributed by atoms with Crippen molar-refractivity contribution in [2.75, 3.05) is 16.8 Å². The van der Waals surface area contributed by atoms with E-state index in [4.69, 9.17) is 21.5 Å². The molecule has 1 aromatic heterocycles. The molecule has 0 amide bonds. The number of hydrogen-bond donors (Lipinski definition) is 4. The normalized spacial score (nSPS) is 14.2. The van der Waals surface area contributed by atoms with Gasteiger partial charge in [-0.1, -0.05) is 24.3 Å². The second kappa shape index (κ2) is 8.69. The molecule has 1 aliphatic heterocycles. The van der Waals surface area contributed by atoms with E-state index >= 15 is 0 Å². The van der Waals surface area contributed by atoms with Crippen molar-refractivity contribution in [3.8, 4) is 18.0 Å². The molecule has 1 atom stereocenters. The molecule has 0 bridgehead atoms. The number of halogens is 2. The van der Waals surface area contributed by atoms with Crippen LogP contribution in [0, 0.1) is 34.4 Å². The zero-order valence-electron chi connectivity index (χ0n) is 16.9. The van der Waals surface area contributed by atoms with E-state index in [-0.39, 0.29) is 41.2 Å². The van der Waals surface area contributed by atoms with Gasteiger partial charge in [-0.05, 0) is 23.3 Å². The standard InChI is InChI=1S/C22H16F2N8O/c23-12-5-6-16(15(24)7-12)33-9-11-3-1-2-4-13(11)19-17-18(27)14(8-25)20(28)31-21(17)32-22(30-19)29-10-26/h1-7,19H,9H2,(H6,27,28,29,30,31,32). The van der Waals surface area contributed by atoms with Crippen LogP contribution in [0.4, 0.5) is 26.1 Å². The molecule has 0 radical (unpaired) electrons. The summed E-state index contributed by atoms with van der Waals surface area (Å²) in [6.07, 6.45) is 1.78. The summed E-state index contributed by atoms with van der Waals surface area (Å²) in [5.74, 6) is -1.39. The van der Waals surface area contributed by atoms with Gasteiger partial charge in [-0.3, -0.25) is 5.32 Å². The van der Waals surface area contributed by atoms with Crippen molar-refractivity contribution >= 4 is 23.3 Å². The predicted molar refractivity (Wildman–Crippen MR) is 117 cm³/mol. The first-order valence-corrected chi connectivity index (χ1v) is 9.57. The molecule has 0 aliphatic carbocycles. The number of rotatable bonds is 4. The third kappa shape index (κ3) is 4.03. The minimum atomic E-state index is -0.833. The Kier molecular flexibility index (Phi) is 5.62. The summed E-state index contributed by atoms with van der Waals surface area (Å²) in [5.41, 5.74) is 13.9. The highest BCUT2D eigenvalue weighted by Gasteiger charge is 2.31. The van der Waals surface area contributed by atoms with E-state index in [1.807, 2.05) is 6.07 Å². The Morgan fingerprint density at radius 3 is 2.67 bits per heavy atom. The fourth-order valence-corrected chi connectivity index (χ4v) is 3.49. The van der Waals surface area contributed by atoms with Gasteiger partial charge < -0.3 is 21.5 Å². The first-order valence-electron chi connectivity index (χ1n) is 9.57. The number of hydrogen-bond acceptors (Lipinski definition) is 9. The summed E-state index contributed by atoms with van der Waals surface area (Å²) < 4.78 is 32.8. The molecule has 33 heavy (non-hydrogen) atoms. The number of fused-ring (bicyclic) bond motifs is 1. The summed E-state index contributed by atoms with van der Waals surface area (Å²) in [4.78, 5) is 8.73. The van der Waals surface area contributed by atoms with Crippen LogP contribution < -0.4 is 26.8 Å².